The standard InChI is InChI=1S/C26H26Cl2N6O.C2H6/c1-32-11-4-12-34(14-13-32)19-9-7-18(8-10-19)30-26-29-16-17-15-20(25(35)33(2)24(17)31-26)23-21(27)5-3-6-22(23)28;1-2/h3,5-10,15-16H,4,11-14H2,1-2H3,(H,29,30,31);1-2H3. The topological polar surface area (TPSA) is 66.3 Å². The van der Waals surface area contributed by atoms with Gasteiger partial charge in [0.05, 0.1) is 15.6 Å². The molecule has 0 radical (unpaired) electrons. The highest BCUT2D eigenvalue weighted by Crippen LogP contribution is 2.33. The molecule has 194 valence electrons. The molecule has 2 aromatic carbocycles. The van der Waals surface area contributed by atoms with E-state index >= 15 is 0 Å². The maximum absolute atomic E-state index is 13.1. The van der Waals surface area contributed by atoms with E-state index in [4.69, 9.17) is 23.2 Å². The summed E-state index contributed by atoms with van der Waals surface area (Å²) in [5.41, 5.74) is 3.30. The first-order valence-corrected chi connectivity index (χ1v) is 13.3. The first kappa shape index (κ1) is 26.9. The molecule has 1 N–H and O–H groups in total. The number of fused-ring (bicyclic) bond motifs is 1. The fourth-order valence-electron chi connectivity index (χ4n) is 4.43. The van der Waals surface area contributed by atoms with Gasteiger partial charge in [-0.1, -0.05) is 43.1 Å². The highest BCUT2D eigenvalue weighted by Gasteiger charge is 2.16. The Bertz CT molecular complexity index is 1420. The van der Waals surface area contributed by atoms with Crippen molar-refractivity contribution in [1.29, 1.82) is 0 Å². The number of nitrogens with zero attached hydrogens (tertiary/aromatic N) is 5. The van der Waals surface area contributed by atoms with Crippen molar-refractivity contribution in [1.82, 2.24) is 19.4 Å². The molecule has 0 saturated carbocycles. The number of hydrogen-bond acceptors (Lipinski definition) is 6. The van der Waals surface area contributed by atoms with Gasteiger partial charge in [0.2, 0.25) is 5.95 Å². The highest BCUT2D eigenvalue weighted by molar-refractivity contribution is 6.39. The van der Waals surface area contributed by atoms with Crippen LogP contribution < -0.4 is 15.8 Å². The average Bonchev–Trinajstić information content (AvgIpc) is 3.13. The number of likely N-dealkylation sites (N-methyl/N-ethyl adjacent to an activating group) is 1. The summed E-state index contributed by atoms with van der Waals surface area (Å²) >= 11 is 12.7. The third-order valence-electron chi connectivity index (χ3n) is 6.39. The Kier molecular flexibility index (Phi) is 8.69. The molecule has 1 fully saturated rings. The molecular weight excluding hydrogens is 507 g/mol. The number of anilines is 3. The van der Waals surface area contributed by atoms with Gasteiger partial charge in [-0.05, 0) is 62.5 Å². The number of rotatable bonds is 4. The molecular formula is C28H32Cl2N6O. The molecule has 3 heterocycles. The predicted octanol–water partition coefficient (Wildman–Crippen LogP) is 6.21. The lowest BCUT2D eigenvalue weighted by Crippen LogP contribution is -2.28. The quantitative estimate of drug-likeness (QED) is 0.333. The molecule has 1 aliphatic rings. The zero-order chi connectivity index (χ0) is 26.5. The van der Waals surface area contributed by atoms with Crippen LogP contribution in [0.2, 0.25) is 10.0 Å². The van der Waals surface area contributed by atoms with Crippen molar-refractivity contribution >= 4 is 51.6 Å². The van der Waals surface area contributed by atoms with Gasteiger partial charge < -0.3 is 15.1 Å². The molecule has 7 nitrogen and oxygen atoms in total. The maximum atomic E-state index is 13.1. The van der Waals surface area contributed by atoms with Gasteiger partial charge in [-0.25, -0.2) is 4.98 Å². The molecule has 0 aliphatic carbocycles. The number of benzene rings is 2. The van der Waals surface area contributed by atoms with Crippen molar-refractivity contribution in [2.45, 2.75) is 20.3 Å². The van der Waals surface area contributed by atoms with E-state index in [2.05, 4.69) is 44.3 Å². The molecule has 0 unspecified atom stereocenters. The van der Waals surface area contributed by atoms with E-state index in [1.165, 1.54) is 10.3 Å². The van der Waals surface area contributed by atoms with Crippen LogP contribution in [-0.2, 0) is 7.05 Å². The molecule has 0 amide bonds. The third-order valence-corrected chi connectivity index (χ3v) is 7.02. The molecule has 9 heteroatoms. The van der Waals surface area contributed by atoms with Crippen LogP contribution in [0.25, 0.3) is 22.2 Å². The SMILES string of the molecule is CC.CN1CCCN(c2ccc(Nc3ncc4cc(-c5c(Cl)cccc5Cl)c(=O)n(C)c4n3)cc2)CC1. The van der Waals surface area contributed by atoms with E-state index in [1.54, 1.807) is 37.5 Å². The number of aromatic nitrogens is 3. The first-order valence-electron chi connectivity index (χ1n) is 12.5. The number of pyridine rings is 1. The van der Waals surface area contributed by atoms with E-state index in [9.17, 15) is 4.79 Å². The Morgan fingerprint density at radius 2 is 1.62 bits per heavy atom. The summed E-state index contributed by atoms with van der Waals surface area (Å²) in [6.45, 7) is 8.27. The second kappa shape index (κ2) is 11.9. The van der Waals surface area contributed by atoms with Crippen LogP contribution >= 0.6 is 23.2 Å². The van der Waals surface area contributed by atoms with Gasteiger partial charge in [0, 0.05) is 55.2 Å². The van der Waals surface area contributed by atoms with Crippen LogP contribution in [-0.4, -0.2) is 52.7 Å². The smallest absolute Gasteiger partial charge is 0.259 e. The van der Waals surface area contributed by atoms with Crippen molar-refractivity contribution in [3.8, 4) is 11.1 Å². The summed E-state index contributed by atoms with van der Waals surface area (Å²) in [7, 11) is 3.85. The van der Waals surface area contributed by atoms with E-state index in [-0.39, 0.29) is 5.56 Å². The zero-order valence-electron chi connectivity index (χ0n) is 21.6. The monoisotopic (exact) mass is 538 g/mol. The van der Waals surface area contributed by atoms with Gasteiger partial charge in [-0.15, -0.1) is 0 Å². The maximum Gasteiger partial charge on any atom is 0.259 e. The molecule has 5 rings (SSSR count). The number of aryl methyl sites for hydroxylation is 1. The fraction of sp³-hybridized carbons (Fsp3) is 0.321. The van der Waals surface area contributed by atoms with Crippen molar-refractivity contribution in [2.75, 3.05) is 43.4 Å². The van der Waals surface area contributed by atoms with Crippen LogP contribution in [0.4, 0.5) is 17.3 Å². The number of nitrogens with one attached hydrogen (secondary N) is 1. The van der Waals surface area contributed by atoms with Crippen LogP contribution in [0, 0.1) is 0 Å². The average molecular weight is 540 g/mol. The van der Waals surface area contributed by atoms with Gasteiger partial charge in [0.1, 0.15) is 5.65 Å². The van der Waals surface area contributed by atoms with Crippen molar-refractivity contribution in [2.24, 2.45) is 7.05 Å². The Morgan fingerprint density at radius 1 is 0.919 bits per heavy atom. The Labute approximate surface area is 227 Å². The minimum Gasteiger partial charge on any atom is -0.370 e. The summed E-state index contributed by atoms with van der Waals surface area (Å²) in [5.74, 6) is 0.417. The molecule has 0 bridgehead atoms. The number of halogens is 2. The summed E-state index contributed by atoms with van der Waals surface area (Å²) in [5, 5.41) is 4.80. The Balaban J connectivity index is 0.00000156. The normalized spacial score (nSPS) is 14.2. The second-order valence-electron chi connectivity index (χ2n) is 8.81. The molecule has 0 atom stereocenters. The third kappa shape index (κ3) is 5.90. The van der Waals surface area contributed by atoms with Crippen LogP contribution in [0.1, 0.15) is 20.3 Å². The zero-order valence-corrected chi connectivity index (χ0v) is 23.1. The van der Waals surface area contributed by atoms with E-state index in [0.29, 0.717) is 38.2 Å². The van der Waals surface area contributed by atoms with Crippen molar-refractivity contribution in [3.63, 3.8) is 0 Å². The summed E-state index contributed by atoms with van der Waals surface area (Å²) < 4.78 is 1.50. The molecule has 2 aromatic heterocycles. The van der Waals surface area contributed by atoms with E-state index in [1.807, 2.05) is 26.0 Å². The van der Waals surface area contributed by atoms with Crippen molar-refractivity contribution < 1.29 is 0 Å². The lowest BCUT2D eigenvalue weighted by molar-refractivity contribution is 0.360. The summed E-state index contributed by atoms with van der Waals surface area (Å²) in [4.78, 5) is 27.0. The largest absolute Gasteiger partial charge is 0.370 e. The molecule has 37 heavy (non-hydrogen) atoms. The van der Waals surface area contributed by atoms with Gasteiger partial charge in [-0.2, -0.15) is 4.98 Å². The predicted molar refractivity (Wildman–Crippen MR) is 156 cm³/mol. The Morgan fingerprint density at radius 3 is 2.32 bits per heavy atom. The van der Waals surface area contributed by atoms with Gasteiger partial charge >= 0.3 is 0 Å². The van der Waals surface area contributed by atoms with Crippen LogP contribution in [0.15, 0.2) is 59.5 Å². The molecule has 1 saturated heterocycles. The summed E-state index contributed by atoms with van der Waals surface area (Å²) in [6, 6.07) is 15.2. The Hall–Kier alpha value is -3.13. The number of hydrogen-bond donors (Lipinski definition) is 1. The minimum absolute atomic E-state index is 0.232. The van der Waals surface area contributed by atoms with Crippen molar-refractivity contribution in [3.05, 3.63) is 75.1 Å². The molecule has 1 aliphatic heterocycles. The highest BCUT2D eigenvalue weighted by atomic mass is 35.5. The van der Waals surface area contributed by atoms with E-state index in [0.717, 1.165) is 38.3 Å². The molecule has 0 spiro atoms. The van der Waals surface area contributed by atoms with Gasteiger partial charge in [-0.3, -0.25) is 9.36 Å². The summed E-state index contributed by atoms with van der Waals surface area (Å²) in [6.07, 6.45) is 2.85. The molecule has 4 aromatic rings. The minimum atomic E-state index is -0.232. The lowest BCUT2D eigenvalue weighted by Gasteiger charge is -2.23. The van der Waals surface area contributed by atoms with Crippen LogP contribution in [0.5, 0.6) is 0 Å². The van der Waals surface area contributed by atoms with Crippen LogP contribution in [0.3, 0.4) is 0 Å². The second-order valence-corrected chi connectivity index (χ2v) is 9.62. The van der Waals surface area contributed by atoms with Gasteiger partial charge in [0.15, 0.2) is 0 Å². The van der Waals surface area contributed by atoms with Gasteiger partial charge in [0.25, 0.3) is 5.56 Å². The first-order chi connectivity index (χ1) is 17.9. The fourth-order valence-corrected chi connectivity index (χ4v) is 5.03. The lowest BCUT2D eigenvalue weighted by atomic mass is 10.1. The van der Waals surface area contributed by atoms with E-state index < -0.39 is 0 Å².